The quantitative estimate of drug-likeness (QED) is 0.904. The van der Waals surface area contributed by atoms with Crippen LogP contribution in [0.5, 0.6) is 0 Å². The van der Waals surface area contributed by atoms with Gasteiger partial charge in [-0.1, -0.05) is 12.1 Å². The standard InChI is InChI=1S/C20H28N2O2/c1-13-7-8-14(2)20-19(13)17(15(3)21-20)12-18(24)22-10-5-4-6-16(22)9-11-23/h7-8,16,21,23H,4-6,9-12H2,1-3H3. The van der Waals surface area contributed by atoms with Gasteiger partial charge in [-0.05, 0) is 63.1 Å². The lowest BCUT2D eigenvalue weighted by Gasteiger charge is -2.35. The Hall–Kier alpha value is -1.81. The number of nitrogens with one attached hydrogen (secondary N) is 1. The lowest BCUT2D eigenvalue weighted by Crippen LogP contribution is -2.44. The van der Waals surface area contributed by atoms with Gasteiger partial charge in [-0.25, -0.2) is 0 Å². The molecule has 1 unspecified atom stereocenters. The van der Waals surface area contributed by atoms with Gasteiger partial charge >= 0.3 is 0 Å². The minimum atomic E-state index is 0.152. The molecule has 130 valence electrons. The summed E-state index contributed by atoms with van der Waals surface area (Å²) in [6.45, 7) is 7.24. The van der Waals surface area contributed by atoms with Crippen molar-refractivity contribution in [2.45, 2.75) is 58.9 Å². The van der Waals surface area contributed by atoms with E-state index >= 15 is 0 Å². The molecule has 2 N–H and O–H groups in total. The molecule has 0 bridgehead atoms. The van der Waals surface area contributed by atoms with Gasteiger partial charge in [-0.15, -0.1) is 0 Å². The molecule has 1 fully saturated rings. The highest BCUT2D eigenvalue weighted by molar-refractivity contribution is 5.94. The van der Waals surface area contributed by atoms with Crippen LogP contribution in [0.3, 0.4) is 0 Å². The number of aromatic amines is 1. The maximum Gasteiger partial charge on any atom is 0.227 e. The third-order valence-electron chi connectivity index (χ3n) is 5.43. The van der Waals surface area contributed by atoms with Crippen LogP contribution in [-0.4, -0.2) is 40.1 Å². The van der Waals surface area contributed by atoms with Crippen LogP contribution < -0.4 is 0 Å². The smallest absolute Gasteiger partial charge is 0.227 e. The van der Waals surface area contributed by atoms with Gasteiger partial charge in [0.15, 0.2) is 0 Å². The van der Waals surface area contributed by atoms with Crippen LogP contribution in [0.4, 0.5) is 0 Å². The summed E-state index contributed by atoms with van der Waals surface area (Å²) in [5.74, 6) is 0.193. The SMILES string of the molecule is Cc1[nH]c2c(C)ccc(C)c2c1CC(=O)N1CCCCC1CCO. The van der Waals surface area contributed by atoms with E-state index in [1.807, 2.05) is 4.90 Å². The Balaban J connectivity index is 1.90. The highest BCUT2D eigenvalue weighted by Crippen LogP contribution is 2.29. The Morgan fingerprint density at radius 1 is 1.25 bits per heavy atom. The van der Waals surface area contributed by atoms with Gasteiger partial charge in [-0.2, -0.15) is 0 Å². The van der Waals surface area contributed by atoms with Crippen LogP contribution in [0.1, 0.15) is 48.1 Å². The first-order valence-electron chi connectivity index (χ1n) is 9.00. The number of H-pyrrole nitrogens is 1. The molecule has 1 aromatic carbocycles. The zero-order valence-electron chi connectivity index (χ0n) is 15.0. The van der Waals surface area contributed by atoms with Gasteiger partial charge in [0.2, 0.25) is 5.91 Å². The topological polar surface area (TPSA) is 56.3 Å². The first kappa shape index (κ1) is 17.0. The number of carbonyl (C=O) groups is 1. The predicted molar refractivity (Wildman–Crippen MR) is 97.3 cm³/mol. The summed E-state index contributed by atoms with van der Waals surface area (Å²) in [5.41, 5.74) is 5.80. The van der Waals surface area contributed by atoms with E-state index in [2.05, 4.69) is 37.9 Å². The van der Waals surface area contributed by atoms with E-state index in [4.69, 9.17) is 0 Å². The molecular weight excluding hydrogens is 300 g/mol. The van der Waals surface area contributed by atoms with Gasteiger partial charge in [0.05, 0.1) is 6.42 Å². The number of rotatable bonds is 4. The molecule has 2 aromatic rings. The fourth-order valence-corrected chi connectivity index (χ4v) is 4.06. The van der Waals surface area contributed by atoms with Crippen molar-refractivity contribution in [3.8, 4) is 0 Å². The molecule has 1 aromatic heterocycles. The van der Waals surface area contributed by atoms with Crippen LogP contribution in [0.25, 0.3) is 10.9 Å². The van der Waals surface area contributed by atoms with Crippen LogP contribution in [0.15, 0.2) is 12.1 Å². The fourth-order valence-electron chi connectivity index (χ4n) is 4.06. The molecule has 0 aliphatic carbocycles. The van der Waals surface area contributed by atoms with Gasteiger partial charge in [0.25, 0.3) is 0 Å². The maximum atomic E-state index is 13.0. The van der Waals surface area contributed by atoms with Crippen molar-refractivity contribution in [3.63, 3.8) is 0 Å². The number of piperidine rings is 1. The van der Waals surface area contributed by atoms with Crippen molar-refractivity contribution in [3.05, 3.63) is 34.5 Å². The Labute approximate surface area is 143 Å². The van der Waals surface area contributed by atoms with Crippen LogP contribution >= 0.6 is 0 Å². The van der Waals surface area contributed by atoms with Crippen molar-refractivity contribution in [1.29, 1.82) is 0 Å². The number of aryl methyl sites for hydroxylation is 3. The Bertz CT molecular complexity index is 746. The molecule has 0 saturated carbocycles. The number of aliphatic hydroxyl groups excluding tert-OH is 1. The van der Waals surface area contributed by atoms with Gasteiger partial charge in [-0.3, -0.25) is 4.79 Å². The Morgan fingerprint density at radius 2 is 2.00 bits per heavy atom. The first-order chi connectivity index (χ1) is 11.5. The second kappa shape index (κ2) is 6.98. The Morgan fingerprint density at radius 3 is 2.75 bits per heavy atom. The third-order valence-corrected chi connectivity index (χ3v) is 5.43. The first-order valence-corrected chi connectivity index (χ1v) is 9.00. The molecule has 1 aliphatic heterocycles. The molecule has 3 rings (SSSR count). The van der Waals surface area contributed by atoms with Crippen LogP contribution in [0, 0.1) is 20.8 Å². The highest BCUT2D eigenvalue weighted by atomic mass is 16.3. The maximum absolute atomic E-state index is 13.0. The molecule has 1 atom stereocenters. The van der Waals surface area contributed by atoms with Crippen molar-refractivity contribution < 1.29 is 9.90 Å². The monoisotopic (exact) mass is 328 g/mol. The van der Waals surface area contributed by atoms with E-state index in [0.717, 1.165) is 42.6 Å². The van der Waals surface area contributed by atoms with Gasteiger partial charge in [0, 0.05) is 35.8 Å². The molecular formula is C20H28N2O2. The molecule has 0 radical (unpaired) electrons. The average Bonchev–Trinajstić information content (AvgIpc) is 2.90. The van der Waals surface area contributed by atoms with E-state index < -0.39 is 0 Å². The van der Waals surface area contributed by atoms with E-state index in [9.17, 15) is 9.90 Å². The van der Waals surface area contributed by atoms with Crippen LogP contribution in [-0.2, 0) is 11.2 Å². The van der Waals surface area contributed by atoms with Crippen molar-refractivity contribution in [1.82, 2.24) is 9.88 Å². The molecule has 1 aliphatic rings. The lowest BCUT2D eigenvalue weighted by molar-refractivity contribution is -0.134. The number of fused-ring (bicyclic) bond motifs is 1. The van der Waals surface area contributed by atoms with Crippen molar-refractivity contribution in [2.75, 3.05) is 13.2 Å². The molecule has 1 saturated heterocycles. The summed E-state index contributed by atoms with van der Waals surface area (Å²) in [4.78, 5) is 18.4. The lowest BCUT2D eigenvalue weighted by atomic mass is 9.97. The highest BCUT2D eigenvalue weighted by Gasteiger charge is 2.27. The number of hydrogen-bond acceptors (Lipinski definition) is 2. The average molecular weight is 328 g/mol. The molecule has 24 heavy (non-hydrogen) atoms. The minimum absolute atomic E-state index is 0.152. The second-order valence-electron chi connectivity index (χ2n) is 7.10. The largest absolute Gasteiger partial charge is 0.396 e. The van der Waals surface area contributed by atoms with Gasteiger partial charge < -0.3 is 15.0 Å². The molecule has 4 heteroatoms. The van der Waals surface area contributed by atoms with Crippen molar-refractivity contribution >= 4 is 16.8 Å². The van der Waals surface area contributed by atoms with Crippen molar-refractivity contribution in [2.24, 2.45) is 0 Å². The summed E-state index contributed by atoms with van der Waals surface area (Å²) in [5, 5.41) is 10.5. The van der Waals surface area contributed by atoms with E-state index in [1.165, 1.54) is 16.5 Å². The number of carbonyl (C=O) groups excluding carboxylic acids is 1. The van der Waals surface area contributed by atoms with Gasteiger partial charge in [0.1, 0.15) is 0 Å². The number of aromatic nitrogens is 1. The number of hydrogen-bond donors (Lipinski definition) is 2. The normalized spacial score (nSPS) is 18.3. The number of aliphatic hydroxyl groups is 1. The van der Waals surface area contributed by atoms with E-state index in [-0.39, 0.29) is 18.6 Å². The van der Waals surface area contributed by atoms with E-state index in [1.54, 1.807) is 0 Å². The summed E-state index contributed by atoms with van der Waals surface area (Å²) in [6, 6.07) is 4.46. The molecule has 2 heterocycles. The molecule has 0 spiro atoms. The molecule has 1 amide bonds. The summed E-state index contributed by atoms with van der Waals surface area (Å²) in [7, 11) is 0. The number of benzene rings is 1. The second-order valence-corrected chi connectivity index (χ2v) is 7.10. The number of likely N-dealkylation sites (tertiary alicyclic amines) is 1. The summed E-state index contributed by atoms with van der Waals surface area (Å²) in [6.07, 6.45) is 4.36. The minimum Gasteiger partial charge on any atom is -0.396 e. The molecule has 4 nitrogen and oxygen atoms in total. The summed E-state index contributed by atoms with van der Waals surface area (Å²) < 4.78 is 0. The fraction of sp³-hybridized carbons (Fsp3) is 0.550. The van der Waals surface area contributed by atoms with E-state index in [0.29, 0.717) is 12.8 Å². The number of nitrogens with zero attached hydrogens (tertiary/aromatic N) is 1. The summed E-state index contributed by atoms with van der Waals surface area (Å²) >= 11 is 0. The van der Waals surface area contributed by atoms with Crippen LogP contribution in [0.2, 0.25) is 0 Å². The zero-order valence-corrected chi connectivity index (χ0v) is 15.0. The Kier molecular flexibility index (Phi) is 4.95. The third kappa shape index (κ3) is 3.07. The predicted octanol–water partition coefficient (Wildman–Crippen LogP) is 3.40. The zero-order chi connectivity index (χ0) is 17.3. The number of amides is 1.